The average Bonchev–Trinajstić information content (AvgIpc) is 2.63. The van der Waals surface area contributed by atoms with Crippen LogP contribution in [0.1, 0.15) is 18.4 Å². The van der Waals surface area contributed by atoms with Crippen molar-refractivity contribution in [3.8, 4) is 11.5 Å². The van der Waals surface area contributed by atoms with Gasteiger partial charge in [-0.05, 0) is 37.0 Å². The number of urea groups is 1. The van der Waals surface area contributed by atoms with Crippen molar-refractivity contribution in [2.75, 3.05) is 20.4 Å². The van der Waals surface area contributed by atoms with E-state index in [0.29, 0.717) is 18.0 Å². The first kappa shape index (κ1) is 17.7. The Morgan fingerprint density at radius 3 is 2.38 bits per heavy atom. The highest BCUT2D eigenvalue weighted by molar-refractivity contribution is 5.73. The van der Waals surface area contributed by atoms with Gasteiger partial charge in [0.2, 0.25) is 0 Å². The van der Waals surface area contributed by atoms with Crippen LogP contribution in [0.25, 0.3) is 0 Å². The molecular formula is C19H24N2O3. The third kappa shape index (κ3) is 6.20. The van der Waals surface area contributed by atoms with Crippen molar-refractivity contribution in [2.24, 2.45) is 0 Å². The number of methoxy groups -OCH3 is 1. The number of unbranched alkanes of at least 4 members (excludes halogenated alkanes) is 1. The minimum absolute atomic E-state index is 0.0935. The predicted molar refractivity (Wildman–Crippen MR) is 94.4 cm³/mol. The molecule has 2 aromatic rings. The summed E-state index contributed by atoms with van der Waals surface area (Å²) in [6.07, 6.45) is 3.01. The maximum Gasteiger partial charge on any atom is 0.317 e. The molecule has 0 aliphatic rings. The zero-order valence-electron chi connectivity index (χ0n) is 14.0. The molecule has 24 heavy (non-hydrogen) atoms. The topological polar surface area (TPSA) is 59.6 Å². The van der Waals surface area contributed by atoms with Crippen LogP contribution in [0.4, 0.5) is 4.79 Å². The van der Waals surface area contributed by atoms with Gasteiger partial charge in [0.1, 0.15) is 0 Å². The van der Waals surface area contributed by atoms with Crippen molar-refractivity contribution in [2.45, 2.75) is 19.3 Å². The Morgan fingerprint density at radius 1 is 0.917 bits per heavy atom. The fourth-order valence-corrected chi connectivity index (χ4v) is 2.28. The highest BCUT2D eigenvalue weighted by Gasteiger charge is 2.03. The van der Waals surface area contributed by atoms with Crippen molar-refractivity contribution in [3.63, 3.8) is 0 Å². The van der Waals surface area contributed by atoms with E-state index in [2.05, 4.69) is 22.8 Å². The highest BCUT2D eigenvalue weighted by atomic mass is 16.5. The fraction of sp³-hybridized carbons (Fsp3) is 0.316. The molecule has 2 N–H and O–H groups in total. The van der Waals surface area contributed by atoms with Gasteiger partial charge in [0, 0.05) is 6.54 Å². The van der Waals surface area contributed by atoms with Gasteiger partial charge in [0.25, 0.3) is 0 Å². The van der Waals surface area contributed by atoms with Gasteiger partial charge >= 0.3 is 6.03 Å². The maximum absolute atomic E-state index is 11.7. The van der Waals surface area contributed by atoms with E-state index in [-0.39, 0.29) is 12.8 Å². The lowest BCUT2D eigenvalue weighted by Crippen LogP contribution is -2.38. The molecule has 0 bridgehead atoms. The van der Waals surface area contributed by atoms with Crippen LogP contribution in [0, 0.1) is 0 Å². The normalized spacial score (nSPS) is 10.0. The van der Waals surface area contributed by atoms with E-state index in [9.17, 15) is 4.79 Å². The Balaban J connectivity index is 1.55. The monoisotopic (exact) mass is 328 g/mol. The second-order valence-electron chi connectivity index (χ2n) is 5.31. The minimum Gasteiger partial charge on any atom is -0.493 e. The lowest BCUT2D eigenvalue weighted by Gasteiger charge is -2.11. The first-order valence-electron chi connectivity index (χ1n) is 8.11. The Bertz CT molecular complexity index is 617. The molecule has 0 unspecified atom stereocenters. The molecule has 0 aromatic heterocycles. The Hall–Kier alpha value is -2.69. The molecule has 0 aliphatic heterocycles. The number of benzene rings is 2. The van der Waals surface area contributed by atoms with Crippen LogP contribution in [0.3, 0.4) is 0 Å². The molecule has 0 spiro atoms. The van der Waals surface area contributed by atoms with Crippen LogP contribution >= 0.6 is 0 Å². The van der Waals surface area contributed by atoms with Gasteiger partial charge in [-0.2, -0.15) is 0 Å². The summed E-state index contributed by atoms with van der Waals surface area (Å²) < 4.78 is 10.7. The van der Waals surface area contributed by atoms with E-state index < -0.39 is 0 Å². The van der Waals surface area contributed by atoms with Crippen molar-refractivity contribution < 1.29 is 14.3 Å². The zero-order chi connectivity index (χ0) is 17.0. The van der Waals surface area contributed by atoms with E-state index in [1.807, 2.05) is 36.4 Å². The average molecular weight is 328 g/mol. The first-order chi connectivity index (χ1) is 11.8. The summed E-state index contributed by atoms with van der Waals surface area (Å²) >= 11 is 0. The number of amides is 2. The van der Waals surface area contributed by atoms with Gasteiger partial charge in [0.15, 0.2) is 18.2 Å². The van der Waals surface area contributed by atoms with Crippen LogP contribution in [0.15, 0.2) is 54.6 Å². The first-order valence-corrected chi connectivity index (χ1v) is 8.11. The van der Waals surface area contributed by atoms with Crippen LogP contribution in [0.5, 0.6) is 11.5 Å². The summed E-state index contributed by atoms with van der Waals surface area (Å²) in [5.41, 5.74) is 1.33. The number of hydrogen-bond acceptors (Lipinski definition) is 3. The SMILES string of the molecule is COc1ccccc1OCNC(=O)NCCCCc1ccccc1. The summed E-state index contributed by atoms with van der Waals surface area (Å²) in [6, 6.07) is 17.4. The Labute approximate surface area is 143 Å². The second-order valence-corrected chi connectivity index (χ2v) is 5.31. The molecular weight excluding hydrogens is 304 g/mol. The summed E-state index contributed by atoms with van der Waals surface area (Å²) in [5, 5.41) is 5.49. The molecule has 2 rings (SSSR count). The minimum atomic E-state index is -0.232. The highest BCUT2D eigenvalue weighted by Crippen LogP contribution is 2.25. The molecule has 2 aromatic carbocycles. The smallest absolute Gasteiger partial charge is 0.317 e. The number of aryl methyl sites for hydroxylation is 1. The largest absolute Gasteiger partial charge is 0.493 e. The van der Waals surface area contributed by atoms with Crippen LogP contribution in [0.2, 0.25) is 0 Å². The number of hydrogen-bond donors (Lipinski definition) is 2. The number of rotatable bonds is 9. The summed E-state index contributed by atoms with van der Waals surface area (Å²) in [6.45, 7) is 0.740. The molecule has 0 saturated heterocycles. The standard InChI is InChI=1S/C19H24N2O3/c1-23-17-12-5-6-13-18(17)24-15-21-19(22)20-14-8-7-11-16-9-3-2-4-10-16/h2-6,9-10,12-13H,7-8,11,14-15H2,1H3,(H2,20,21,22). The molecule has 0 aliphatic carbocycles. The molecule has 5 heteroatoms. The van der Waals surface area contributed by atoms with Crippen LogP contribution in [-0.2, 0) is 6.42 Å². The number of carbonyl (C=O) groups excluding carboxylic acids is 1. The molecule has 128 valence electrons. The summed E-state index contributed by atoms with van der Waals surface area (Å²) in [7, 11) is 1.58. The second kappa shape index (κ2) is 10.2. The fourth-order valence-electron chi connectivity index (χ4n) is 2.28. The molecule has 0 saturated carbocycles. The molecule has 5 nitrogen and oxygen atoms in total. The Morgan fingerprint density at radius 2 is 1.62 bits per heavy atom. The molecule has 0 atom stereocenters. The van der Waals surface area contributed by atoms with E-state index >= 15 is 0 Å². The van der Waals surface area contributed by atoms with Crippen molar-refractivity contribution >= 4 is 6.03 Å². The van der Waals surface area contributed by atoms with Crippen molar-refractivity contribution in [3.05, 3.63) is 60.2 Å². The number of carbonyl (C=O) groups is 1. The number of ether oxygens (including phenoxy) is 2. The lowest BCUT2D eigenvalue weighted by atomic mass is 10.1. The molecule has 0 radical (unpaired) electrons. The van der Waals surface area contributed by atoms with Gasteiger partial charge in [-0.25, -0.2) is 4.79 Å². The zero-order valence-corrected chi connectivity index (χ0v) is 14.0. The molecule has 0 heterocycles. The third-order valence-electron chi connectivity index (χ3n) is 3.55. The van der Waals surface area contributed by atoms with Crippen LogP contribution in [-0.4, -0.2) is 26.4 Å². The number of nitrogens with one attached hydrogen (secondary N) is 2. The lowest BCUT2D eigenvalue weighted by molar-refractivity contribution is 0.221. The van der Waals surface area contributed by atoms with E-state index in [0.717, 1.165) is 19.3 Å². The van der Waals surface area contributed by atoms with E-state index in [1.165, 1.54) is 5.56 Å². The van der Waals surface area contributed by atoms with Gasteiger partial charge in [-0.15, -0.1) is 0 Å². The van der Waals surface area contributed by atoms with Crippen molar-refractivity contribution in [1.29, 1.82) is 0 Å². The molecule has 2 amide bonds. The Kier molecular flexibility index (Phi) is 7.47. The van der Waals surface area contributed by atoms with E-state index in [1.54, 1.807) is 13.2 Å². The van der Waals surface area contributed by atoms with E-state index in [4.69, 9.17) is 9.47 Å². The van der Waals surface area contributed by atoms with Gasteiger partial charge in [-0.1, -0.05) is 42.5 Å². The van der Waals surface area contributed by atoms with Crippen LogP contribution < -0.4 is 20.1 Å². The summed E-state index contributed by atoms with van der Waals surface area (Å²) in [4.78, 5) is 11.7. The number of para-hydroxylation sites is 2. The maximum atomic E-state index is 11.7. The predicted octanol–water partition coefficient (Wildman–Crippen LogP) is 3.35. The van der Waals surface area contributed by atoms with Gasteiger partial charge in [0.05, 0.1) is 7.11 Å². The van der Waals surface area contributed by atoms with Crippen molar-refractivity contribution in [1.82, 2.24) is 10.6 Å². The quantitative estimate of drug-likeness (QED) is 0.548. The molecule has 0 fully saturated rings. The van der Waals surface area contributed by atoms with Gasteiger partial charge < -0.3 is 20.1 Å². The summed E-state index contributed by atoms with van der Waals surface area (Å²) in [5.74, 6) is 1.24. The van der Waals surface area contributed by atoms with Gasteiger partial charge in [-0.3, -0.25) is 0 Å². The third-order valence-corrected chi connectivity index (χ3v) is 3.55.